The molecule has 1 heterocycles. The van der Waals surface area contributed by atoms with E-state index < -0.39 is 10.0 Å². The molecule has 1 N–H and O–H groups in total. The summed E-state index contributed by atoms with van der Waals surface area (Å²) in [6, 6.07) is 13.2. The number of nitrogens with one attached hydrogen (secondary N) is 1. The van der Waals surface area contributed by atoms with Crippen molar-refractivity contribution in [2.75, 3.05) is 45.5 Å². The van der Waals surface area contributed by atoms with Gasteiger partial charge in [-0.2, -0.15) is 4.31 Å². The second-order valence-electron chi connectivity index (χ2n) is 7.61. The number of rotatable bonds is 7. The maximum absolute atomic E-state index is 13.1. The molecule has 1 fully saturated rings. The second kappa shape index (κ2) is 9.96. The molecule has 0 atom stereocenters. The van der Waals surface area contributed by atoms with Crippen LogP contribution in [-0.4, -0.2) is 69.1 Å². The van der Waals surface area contributed by atoms with Crippen molar-refractivity contribution in [3.05, 3.63) is 59.2 Å². The zero-order valence-electron chi connectivity index (χ0n) is 17.7. The summed E-state index contributed by atoms with van der Waals surface area (Å²) in [5.74, 6) is 0.488. The van der Waals surface area contributed by atoms with Gasteiger partial charge in [0.1, 0.15) is 0 Å². The minimum Gasteiger partial charge on any atom is -0.351 e. The Hall–Kier alpha value is -1.87. The first-order chi connectivity index (χ1) is 14.3. The number of aryl methyl sites for hydroxylation is 2. The van der Waals surface area contributed by atoms with Gasteiger partial charge in [-0.05, 0) is 50.7 Å². The van der Waals surface area contributed by atoms with E-state index in [4.69, 9.17) is 0 Å². The van der Waals surface area contributed by atoms with Crippen LogP contribution in [0.5, 0.6) is 0 Å². The molecule has 8 heteroatoms. The number of carbonyl (C=O) groups excluding carboxylic acids is 1. The molecule has 0 aromatic heterocycles. The van der Waals surface area contributed by atoms with Gasteiger partial charge in [-0.25, -0.2) is 8.42 Å². The van der Waals surface area contributed by atoms with Gasteiger partial charge >= 0.3 is 0 Å². The molecule has 6 nitrogen and oxygen atoms in total. The smallest absolute Gasteiger partial charge is 0.251 e. The van der Waals surface area contributed by atoms with Crippen molar-refractivity contribution < 1.29 is 13.2 Å². The molecule has 1 aliphatic heterocycles. The van der Waals surface area contributed by atoms with Crippen molar-refractivity contribution in [3.8, 4) is 0 Å². The Morgan fingerprint density at radius 3 is 2.37 bits per heavy atom. The molecule has 2 aromatic carbocycles. The van der Waals surface area contributed by atoms with E-state index in [9.17, 15) is 13.2 Å². The normalized spacial score (nSPS) is 15.8. The average Bonchev–Trinajstić information content (AvgIpc) is 2.73. The van der Waals surface area contributed by atoms with Gasteiger partial charge in [0.2, 0.25) is 10.0 Å². The molecular formula is C22H29N3O3S2. The highest BCUT2D eigenvalue weighted by Gasteiger charge is 2.29. The van der Waals surface area contributed by atoms with E-state index in [0.29, 0.717) is 43.9 Å². The highest BCUT2D eigenvalue weighted by atomic mass is 32.2. The van der Waals surface area contributed by atoms with Gasteiger partial charge in [-0.3, -0.25) is 4.79 Å². The maximum atomic E-state index is 13.1. The largest absolute Gasteiger partial charge is 0.351 e. The van der Waals surface area contributed by atoms with Crippen molar-refractivity contribution in [1.29, 1.82) is 0 Å². The molecule has 162 valence electrons. The molecule has 1 amide bonds. The number of carbonyl (C=O) groups is 1. The highest BCUT2D eigenvalue weighted by molar-refractivity contribution is 7.99. The summed E-state index contributed by atoms with van der Waals surface area (Å²) in [7, 11) is -1.63. The summed E-state index contributed by atoms with van der Waals surface area (Å²) in [6.07, 6.45) is 0. The molecule has 0 aliphatic carbocycles. The number of benzene rings is 2. The standard InChI is InChI=1S/C22H29N3O3S2/c1-17-4-8-20(9-5-17)29-15-10-23-22(26)19-7-6-18(2)21(16-19)30(27,28)25-13-11-24(3)12-14-25/h4-9,16H,10-15H2,1-3H3,(H,23,26). The number of thioether (sulfide) groups is 1. The Balaban J connectivity index is 1.62. The van der Waals surface area contributed by atoms with Gasteiger partial charge < -0.3 is 10.2 Å². The lowest BCUT2D eigenvalue weighted by atomic mass is 10.1. The van der Waals surface area contributed by atoms with Crippen molar-refractivity contribution >= 4 is 27.7 Å². The predicted octanol–water partition coefficient (Wildman–Crippen LogP) is 2.76. The van der Waals surface area contributed by atoms with Crippen LogP contribution in [0, 0.1) is 13.8 Å². The molecule has 30 heavy (non-hydrogen) atoms. The number of likely N-dealkylation sites (N-methyl/N-ethyl adjacent to an activating group) is 1. The summed E-state index contributed by atoms with van der Waals surface area (Å²) < 4.78 is 27.7. The van der Waals surface area contributed by atoms with Crippen molar-refractivity contribution in [2.24, 2.45) is 0 Å². The zero-order valence-corrected chi connectivity index (χ0v) is 19.4. The quantitative estimate of drug-likeness (QED) is 0.522. The Kier molecular flexibility index (Phi) is 7.57. The topological polar surface area (TPSA) is 69.7 Å². The molecule has 0 saturated carbocycles. The number of amides is 1. The molecule has 0 unspecified atom stereocenters. The van der Waals surface area contributed by atoms with Crippen LogP contribution in [0.1, 0.15) is 21.5 Å². The maximum Gasteiger partial charge on any atom is 0.251 e. The number of hydrogen-bond donors (Lipinski definition) is 1. The SMILES string of the molecule is Cc1ccc(SCCNC(=O)c2ccc(C)c(S(=O)(=O)N3CCN(C)CC3)c2)cc1. The Morgan fingerprint density at radius 1 is 1.03 bits per heavy atom. The monoisotopic (exact) mass is 447 g/mol. The van der Waals surface area contributed by atoms with Crippen LogP contribution in [0.3, 0.4) is 0 Å². The Morgan fingerprint density at radius 2 is 1.70 bits per heavy atom. The van der Waals surface area contributed by atoms with Crippen molar-refractivity contribution in [3.63, 3.8) is 0 Å². The minimum atomic E-state index is -3.61. The molecule has 2 aromatic rings. The van der Waals surface area contributed by atoms with Crippen molar-refractivity contribution in [2.45, 2.75) is 23.6 Å². The first kappa shape index (κ1) is 22.8. The van der Waals surface area contributed by atoms with E-state index in [0.717, 1.165) is 10.6 Å². The summed E-state index contributed by atoms with van der Waals surface area (Å²) in [4.78, 5) is 16.1. The summed E-state index contributed by atoms with van der Waals surface area (Å²) in [5.41, 5.74) is 2.24. The number of piperazine rings is 1. The molecule has 3 rings (SSSR count). The van der Waals surface area contributed by atoms with Gasteiger partial charge in [0.15, 0.2) is 0 Å². The van der Waals surface area contributed by atoms with Gasteiger partial charge in [-0.1, -0.05) is 23.8 Å². The third kappa shape index (κ3) is 5.63. The van der Waals surface area contributed by atoms with Gasteiger partial charge in [0, 0.05) is 48.9 Å². The minimum absolute atomic E-state index is 0.216. The summed E-state index contributed by atoms with van der Waals surface area (Å²) >= 11 is 1.67. The Bertz CT molecular complexity index is 983. The lowest BCUT2D eigenvalue weighted by Gasteiger charge is -2.32. The number of sulfonamides is 1. The first-order valence-electron chi connectivity index (χ1n) is 10.0. The third-order valence-corrected chi connectivity index (χ3v) is 8.26. The van der Waals surface area contributed by atoms with Gasteiger partial charge in [-0.15, -0.1) is 11.8 Å². The number of hydrogen-bond acceptors (Lipinski definition) is 5. The second-order valence-corrected chi connectivity index (χ2v) is 10.7. The fourth-order valence-electron chi connectivity index (χ4n) is 3.26. The van der Waals surface area contributed by atoms with Crippen LogP contribution in [0.25, 0.3) is 0 Å². The predicted molar refractivity (Wildman–Crippen MR) is 122 cm³/mol. The first-order valence-corrected chi connectivity index (χ1v) is 12.5. The van der Waals surface area contributed by atoms with Crippen LogP contribution in [0.2, 0.25) is 0 Å². The van der Waals surface area contributed by atoms with Crippen molar-refractivity contribution in [1.82, 2.24) is 14.5 Å². The van der Waals surface area contributed by atoms with E-state index in [2.05, 4.69) is 41.4 Å². The zero-order chi connectivity index (χ0) is 21.7. The Labute approximate surface area is 183 Å². The van der Waals surface area contributed by atoms with Gasteiger partial charge in [0.25, 0.3) is 5.91 Å². The van der Waals surface area contributed by atoms with Gasteiger partial charge in [0.05, 0.1) is 4.90 Å². The van der Waals surface area contributed by atoms with Crippen LogP contribution in [0.4, 0.5) is 0 Å². The van der Waals surface area contributed by atoms with E-state index in [1.54, 1.807) is 30.8 Å². The molecule has 1 aliphatic rings. The number of nitrogens with zero attached hydrogens (tertiary/aromatic N) is 2. The molecule has 0 radical (unpaired) electrons. The lowest BCUT2D eigenvalue weighted by Crippen LogP contribution is -2.47. The van der Waals surface area contributed by atoms with E-state index in [1.807, 2.05) is 7.05 Å². The summed E-state index contributed by atoms with van der Waals surface area (Å²) in [6.45, 7) is 6.66. The molecule has 0 bridgehead atoms. The average molecular weight is 448 g/mol. The van der Waals surface area contributed by atoms with E-state index in [1.165, 1.54) is 15.9 Å². The van der Waals surface area contributed by atoms with Crippen LogP contribution in [-0.2, 0) is 10.0 Å². The van der Waals surface area contributed by atoms with E-state index in [-0.39, 0.29) is 10.8 Å². The van der Waals surface area contributed by atoms with Crippen LogP contribution >= 0.6 is 11.8 Å². The summed E-state index contributed by atoms with van der Waals surface area (Å²) in [5, 5.41) is 2.89. The molecule has 0 spiro atoms. The molecular weight excluding hydrogens is 418 g/mol. The van der Waals surface area contributed by atoms with Crippen LogP contribution < -0.4 is 5.32 Å². The highest BCUT2D eigenvalue weighted by Crippen LogP contribution is 2.23. The fraction of sp³-hybridized carbons (Fsp3) is 0.409. The third-order valence-electron chi connectivity index (χ3n) is 5.21. The lowest BCUT2D eigenvalue weighted by molar-refractivity contribution is 0.0956. The molecule has 1 saturated heterocycles. The van der Waals surface area contributed by atoms with Crippen LogP contribution in [0.15, 0.2) is 52.3 Å². The van der Waals surface area contributed by atoms with E-state index >= 15 is 0 Å². The fourth-order valence-corrected chi connectivity index (χ4v) is 5.70.